The lowest BCUT2D eigenvalue weighted by Gasteiger charge is -2.12. The number of nitrogens with two attached hydrogens (primary N) is 2. The molecule has 8 heteroatoms. The molecule has 0 aromatic heterocycles. The van der Waals surface area contributed by atoms with Crippen molar-refractivity contribution in [2.24, 2.45) is 11.7 Å². The number of amides is 2. The van der Waals surface area contributed by atoms with Gasteiger partial charge in [0.1, 0.15) is 0 Å². The van der Waals surface area contributed by atoms with Crippen molar-refractivity contribution in [3.05, 3.63) is 11.0 Å². The quantitative estimate of drug-likeness (QED) is 0.238. The van der Waals surface area contributed by atoms with Crippen LogP contribution in [-0.2, 0) is 9.59 Å². The van der Waals surface area contributed by atoms with Crippen molar-refractivity contribution in [2.75, 3.05) is 0 Å². The van der Waals surface area contributed by atoms with Gasteiger partial charge in [-0.25, -0.2) is 11.7 Å². The summed E-state index contributed by atoms with van der Waals surface area (Å²) in [6, 6.07) is 0. The molecule has 6 nitrogen and oxygen atoms in total. The predicted octanol–water partition coefficient (Wildman–Crippen LogP) is 0.174. The van der Waals surface area contributed by atoms with Crippen molar-refractivity contribution in [3.8, 4) is 0 Å². The summed E-state index contributed by atoms with van der Waals surface area (Å²) in [5, 5.41) is 2.32. The molecule has 1 aliphatic heterocycles. The number of nitrogens with one attached hydrogen (secondary N) is 2. The van der Waals surface area contributed by atoms with Gasteiger partial charge in [-0.15, -0.1) is 0 Å². The van der Waals surface area contributed by atoms with Gasteiger partial charge in [-0.1, -0.05) is 21.6 Å². The first-order valence-electron chi connectivity index (χ1n) is 5.17. The topological polar surface area (TPSA) is 110 Å². The van der Waals surface area contributed by atoms with Gasteiger partial charge in [0.05, 0.1) is 0 Å². The second kappa shape index (κ2) is 7.59. The largest absolute Gasteiger partial charge is 0.294 e. The van der Waals surface area contributed by atoms with Crippen LogP contribution < -0.4 is 22.5 Å². The molecule has 0 aromatic rings. The summed E-state index contributed by atoms with van der Waals surface area (Å²) in [4.78, 5) is 22.1. The first-order valence-corrected chi connectivity index (χ1v) is 7.45. The smallest absolute Gasteiger partial charge is 0.234 e. The van der Waals surface area contributed by atoms with E-state index in [0.717, 1.165) is 6.42 Å². The molecule has 17 heavy (non-hydrogen) atoms. The van der Waals surface area contributed by atoms with Crippen LogP contribution in [0, 0.1) is 0 Å². The van der Waals surface area contributed by atoms with Gasteiger partial charge < -0.3 is 0 Å². The van der Waals surface area contributed by atoms with E-state index in [2.05, 4.69) is 10.9 Å². The van der Waals surface area contributed by atoms with Crippen molar-refractivity contribution in [3.63, 3.8) is 0 Å². The molecule has 0 saturated carbocycles. The Hall–Kier alpha value is -0.700. The molecule has 0 fully saturated rings. The van der Waals surface area contributed by atoms with E-state index in [1.807, 2.05) is 5.41 Å². The van der Waals surface area contributed by atoms with Crippen molar-refractivity contribution in [2.45, 2.75) is 30.9 Å². The summed E-state index contributed by atoms with van der Waals surface area (Å²) in [5.41, 5.74) is 5.40. The SMILES string of the molecule is NNC(=O)CCC1=CSSC1CCC(=O)NN. The van der Waals surface area contributed by atoms with Gasteiger partial charge in [0.2, 0.25) is 11.8 Å². The van der Waals surface area contributed by atoms with E-state index in [1.165, 1.54) is 5.57 Å². The minimum Gasteiger partial charge on any atom is -0.294 e. The van der Waals surface area contributed by atoms with Crippen LogP contribution in [0.1, 0.15) is 25.7 Å². The lowest BCUT2D eigenvalue weighted by molar-refractivity contribution is -0.122. The van der Waals surface area contributed by atoms with Gasteiger partial charge in [0.25, 0.3) is 0 Å². The molecule has 0 aromatic carbocycles. The van der Waals surface area contributed by atoms with E-state index in [9.17, 15) is 9.59 Å². The van der Waals surface area contributed by atoms with Crippen molar-refractivity contribution >= 4 is 33.4 Å². The molecule has 1 heterocycles. The third-order valence-electron chi connectivity index (χ3n) is 2.38. The fourth-order valence-corrected chi connectivity index (χ4v) is 4.22. The van der Waals surface area contributed by atoms with Gasteiger partial charge >= 0.3 is 0 Å². The Morgan fingerprint density at radius 2 is 1.88 bits per heavy atom. The summed E-state index contributed by atoms with van der Waals surface area (Å²) >= 11 is 0. The number of carbonyl (C=O) groups excluding carboxylic acids is 2. The highest BCUT2D eigenvalue weighted by Crippen LogP contribution is 2.44. The Bertz CT molecular complexity index is 322. The summed E-state index contributed by atoms with van der Waals surface area (Å²) in [6.07, 6.45) is 2.19. The van der Waals surface area contributed by atoms with Gasteiger partial charge in [0, 0.05) is 18.1 Å². The average molecular weight is 276 g/mol. The second-order valence-corrected chi connectivity index (χ2v) is 5.89. The summed E-state index contributed by atoms with van der Waals surface area (Å²) in [6.45, 7) is 0. The van der Waals surface area contributed by atoms with Crippen molar-refractivity contribution < 1.29 is 9.59 Å². The fourth-order valence-electron chi connectivity index (χ4n) is 1.41. The highest BCUT2D eigenvalue weighted by molar-refractivity contribution is 8.78. The van der Waals surface area contributed by atoms with Crippen LogP contribution in [-0.4, -0.2) is 17.1 Å². The van der Waals surface area contributed by atoms with Crippen LogP contribution in [0.15, 0.2) is 11.0 Å². The Labute approximate surface area is 108 Å². The molecule has 0 spiro atoms. The number of rotatable bonds is 6. The van der Waals surface area contributed by atoms with Crippen LogP contribution in [0.25, 0.3) is 0 Å². The van der Waals surface area contributed by atoms with Crippen LogP contribution in [0.3, 0.4) is 0 Å². The fraction of sp³-hybridized carbons (Fsp3) is 0.556. The number of hydrogen-bond donors (Lipinski definition) is 4. The van der Waals surface area contributed by atoms with E-state index < -0.39 is 0 Å². The first-order chi connectivity index (χ1) is 8.17. The van der Waals surface area contributed by atoms with E-state index >= 15 is 0 Å². The number of carbonyl (C=O) groups is 2. The van der Waals surface area contributed by atoms with Crippen LogP contribution in [0.2, 0.25) is 0 Å². The Morgan fingerprint density at radius 1 is 1.24 bits per heavy atom. The van der Waals surface area contributed by atoms with Crippen molar-refractivity contribution in [1.82, 2.24) is 10.9 Å². The molecule has 96 valence electrons. The summed E-state index contributed by atoms with van der Waals surface area (Å²) in [5.74, 6) is 9.69. The highest BCUT2D eigenvalue weighted by atomic mass is 33.1. The van der Waals surface area contributed by atoms with Gasteiger partial charge in [-0.2, -0.15) is 0 Å². The van der Waals surface area contributed by atoms with E-state index in [-0.39, 0.29) is 17.1 Å². The third-order valence-corrected chi connectivity index (χ3v) is 4.98. The van der Waals surface area contributed by atoms with Crippen LogP contribution in [0.5, 0.6) is 0 Å². The second-order valence-electron chi connectivity index (χ2n) is 3.55. The van der Waals surface area contributed by atoms with Gasteiger partial charge in [-0.3, -0.25) is 20.4 Å². The lowest BCUT2D eigenvalue weighted by atomic mass is 10.0. The highest BCUT2D eigenvalue weighted by Gasteiger charge is 2.21. The van der Waals surface area contributed by atoms with Crippen LogP contribution >= 0.6 is 21.6 Å². The number of hydrogen-bond acceptors (Lipinski definition) is 6. The molecular formula is C9H16N4O2S2. The lowest BCUT2D eigenvalue weighted by Crippen LogP contribution is -2.30. The molecule has 1 atom stereocenters. The molecule has 1 unspecified atom stereocenters. The van der Waals surface area contributed by atoms with E-state index in [4.69, 9.17) is 11.7 Å². The van der Waals surface area contributed by atoms with Gasteiger partial charge in [-0.05, 0) is 23.8 Å². The molecular weight excluding hydrogens is 260 g/mol. The van der Waals surface area contributed by atoms with E-state index in [1.54, 1.807) is 21.6 Å². The normalized spacial score (nSPS) is 18.7. The molecule has 6 N–H and O–H groups in total. The maximum atomic E-state index is 11.0. The summed E-state index contributed by atoms with van der Waals surface area (Å²) in [7, 11) is 3.34. The molecule has 1 aliphatic rings. The average Bonchev–Trinajstić information content (AvgIpc) is 2.80. The van der Waals surface area contributed by atoms with E-state index in [0.29, 0.717) is 19.3 Å². The van der Waals surface area contributed by atoms with Gasteiger partial charge in [0.15, 0.2) is 0 Å². The zero-order valence-corrected chi connectivity index (χ0v) is 10.9. The third kappa shape index (κ3) is 4.99. The Balaban J connectivity index is 2.33. The molecule has 0 bridgehead atoms. The summed E-state index contributed by atoms with van der Waals surface area (Å²) < 4.78 is 0. The molecule has 0 radical (unpaired) electrons. The zero-order valence-electron chi connectivity index (χ0n) is 9.27. The maximum Gasteiger partial charge on any atom is 0.234 e. The minimum absolute atomic E-state index is 0.165. The first kappa shape index (κ1) is 14.4. The molecule has 0 aliphatic carbocycles. The minimum atomic E-state index is -0.175. The molecule has 1 rings (SSSR count). The Morgan fingerprint density at radius 3 is 2.53 bits per heavy atom. The van der Waals surface area contributed by atoms with Crippen LogP contribution in [0.4, 0.5) is 0 Å². The Kier molecular flexibility index (Phi) is 6.41. The monoisotopic (exact) mass is 276 g/mol. The predicted molar refractivity (Wildman–Crippen MR) is 70.2 cm³/mol. The zero-order chi connectivity index (χ0) is 12.7. The number of hydrazine groups is 2. The maximum absolute atomic E-state index is 11.0. The van der Waals surface area contributed by atoms with Crippen molar-refractivity contribution in [1.29, 1.82) is 0 Å². The molecule has 0 saturated heterocycles. The molecule has 2 amide bonds. The standard InChI is InChI=1S/C9H16N4O2S2/c10-12-8(14)3-1-6-5-16-17-7(6)2-4-9(15)13-11/h5,7H,1-4,10-11H2,(H,12,14)(H,13,15).